The topological polar surface area (TPSA) is 16.4 Å². The summed E-state index contributed by atoms with van der Waals surface area (Å²) in [4.78, 5) is 2.57. The van der Waals surface area contributed by atoms with E-state index in [0.29, 0.717) is 6.04 Å². The van der Waals surface area contributed by atoms with Gasteiger partial charge in [0.2, 0.25) is 0 Å². The summed E-state index contributed by atoms with van der Waals surface area (Å²) in [5.41, 5.74) is 3.63. The van der Waals surface area contributed by atoms with Crippen LogP contribution in [0.5, 0.6) is 0 Å². The Morgan fingerprint density at radius 1 is 0.957 bits per heavy atom. The molecule has 1 saturated heterocycles. The van der Waals surface area contributed by atoms with Crippen LogP contribution >= 0.6 is 0 Å². The first-order valence-electron chi connectivity index (χ1n) is 8.51. The van der Waals surface area contributed by atoms with E-state index in [4.69, 9.17) is 4.42 Å². The van der Waals surface area contributed by atoms with Gasteiger partial charge in [-0.25, -0.2) is 0 Å². The lowest BCUT2D eigenvalue weighted by Crippen LogP contribution is -2.43. The number of para-hydroxylation sites is 2. The van der Waals surface area contributed by atoms with E-state index in [1.54, 1.807) is 0 Å². The predicted octanol–water partition coefficient (Wildman–Crippen LogP) is 5.99. The Morgan fingerprint density at radius 2 is 1.65 bits per heavy atom. The molecule has 4 rings (SSSR count). The van der Waals surface area contributed by atoms with Crippen LogP contribution in [0.3, 0.4) is 0 Å². The van der Waals surface area contributed by atoms with Crippen LogP contribution in [-0.4, -0.2) is 11.6 Å². The standard InChI is InChI=1S/C21H25NO/c1-14-20(2,3)13-21(4,5)22(14)17-11-8-10-16-15-9-6-7-12-18(15)23-19(16)17/h6-12,14H,13H2,1-5H3/t14-/m0/s1. The van der Waals surface area contributed by atoms with Gasteiger partial charge in [-0.3, -0.25) is 0 Å². The molecule has 1 aromatic heterocycles. The van der Waals surface area contributed by atoms with E-state index < -0.39 is 0 Å². The lowest BCUT2D eigenvalue weighted by molar-refractivity contribution is 0.329. The van der Waals surface area contributed by atoms with E-state index in [2.05, 4.69) is 75.9 Å². The summed E-state index contributed by atoms with van der Waals surface area (Å²) >= 11 is 0. The van der Waals surface area contributed by atoms with Gasteiger partial charge in [-0.15, -0.1) is 0 Å². The van der Waals surface area contributed by atoms with Crippen molar-refractivity contribution in [2.75, 3.05) is 4.90 Å². The first-order valence-corrected chi connectivity index (χ1v) is 8.51. The summed E-state index contributed by atoms with van der Waals surface area (Å²) in [7, 11) is 0. The van der Waals surface area contributed by atoms with Crippen molar-refractivity contribution in [3.05, 3.63) is 42.5 Å². The van der Waals surface area contributed by atoms with Crippen molar-refractivity contribution >= 4 is 27.6 Å². The summed E-state index contributed by atoms with van der Waals surface area (Å²) in [6.45, 7) is 11.8. The molecule has 23 heavy (non-hydrogen) atoms. The van der Waals surface area contributed by atoms with Crippen LogP contribution in [0, 0.1) is 5.41 Å². The smallest absolute Gasteiger partial charge is 0.158 e. The van der Waals surface area contributed by atoms with Crippen LogP contribution in [0.4, 0.5) is 5.69 Å². The molecule has 1 aliphatic heterocycles. The number of rotatable bonds is 1. The maximum Gasteiger partial charge on any atom is 0.158 e. The molecule has 1 fully saturated rings. The maximum atomic E-state index is 6.26. The molecule has 1 aliphatic rings. The van der Waals surface area contributed by atoms with Crippen LogP contribution in [-0.2, 0) is 0 Å². The van der Waals surface area contributed by atoms with Gasteiger partial charge in [0, 0.05) is 22.4 Å². The molecule has 0 bridgehead atoms. The molecule has 120 valence electrons. The fourth-order valence-electron chi connectivity index (χ4n) is 4.68. The van der Waals surface area contributed by atoms with Gasteiger partial charge >= 0.3 is 0 Å². The van der Waals surface area contributed by atoms with Crippen molar-refractivity contribution in [3.8, 4) is 0 Å². The normalized spacial score (nSPS) is 23.0. The summed E-state index contributed by atoms with van der Waals surface area (Å²) in [6, 6.07) is 15.3. The lowest BCUT2D eigenvalue weighted by Gasteiger charge is -2.37. The van der Waals surface area contributed by atoms with Crippen LogP contribution in [0.15, 0.2) is 46.9 Å². The van der Waals surface area contributed by atoms with Crippen molar-refractivity contribution in [1.82, 2.24) is 0 Å². The van der Waals surface area contributed by atoms with E-state index in [0.717, 1.165) is 11.2 Å². The third kappa shape index (κ3) is 2.00. The molecule has 0 radical (unpaired) electrons. The van der Waals surface area contributed by atoms with Crippen molar-refractivity contribution in [2.45, 2.75) is 52.6 Å². The molecular weight excluding hydrogens is 282 g/mol. The largest absolute Gasteiger partial charge is 0.454 e. The quantitative estimate of drug-likeness (QED) is 0.549. The maximum absolute atomic E-state index is 6.26. The van der Waals surface area contributed by atoms with E-state index in [1.165, 1.54) is 22.9 Å². The molecule has 2 aromatic carbocycles. The fourth-order valence-corrected chi connectivity index (χ4v) is 4.68. The third-order valence-electron chi connectivity index (χ3n) is 5.70. The molecule has 2 nitrogen and oxygen atoms in total. The number of fused-ring (bicyclic) bond motifs is 3. The number of benzene rings is 2. The highest BCUT2D eigenvalue weighted by molar-refractivity contribution is 6.09. The second-order valence-electron chi connectivity index (χ2n) is 8.28. The monoisotopic (exact) mass is 307 g/mol. The van der Waals surface area contributed by atoms with E-state index in [9.17, 15) is 0 Å². The summed E-state index contributed by atoms with van der Waals surface area (Å²) in [5, 5.41) is 2.42. The highest BCUT2D eigenvalue weighted by atomic mass is 16.3. The Morgan fingerprint density at radius 3 is 2.35 bits per heavy atom. The highest BCUT2D eigenvalue weighted by Crippen LogP contribution is 2.50. The van der Waals surface area contributed by atoms with Gasteiger partial charge in [0.1, 0.15) is 5.58 Å². The minimum Gasteiger partial charge on any atom is -0.454 e. The number of furan rings is 1. The summed E-state index contributed by atoms with van der Waals surface area (Å²) in [6.07, 6.45) is 1.18. The van der Waals surface area contributed by atoms with Crippen molar-refractivity contribution < 1.29 is 4.42 Å². The molecular formula is C21H25NO. The number of hydrogen-bond donors (Lipinski definition) is 0. The molecule has 1 atom stereocenters. The lowest BCUT2D eigenvalue weighted by atomic mass is 9.82. The Labute approximate surface area is 138 Å². The Kier molecular flexibility index (Phi) is 2.88. The van der Waals surface area contributed by atoms with Crippen LogP contribution in [0.2, 0.25) is 0 Å². The van der Waals surface area contributed by atoms with Gasteiger partial charge in [0.05, 0.1) is 5.69 Å². The van der Waals surface area contributed by atoms with Crippen LogP contribution < -0.4 is 4.90 Å². The molecule has 0 amide bonds. The third-order valence-corrected chi connectivity index (χ3v) is 5.70. The van der Waals surface area contributed by atoms with E-state index in [1.807, 2.05) is 6.07 Å². The fraction of sp³-hybridized carbons (Fsp3) is 0.429. The van der Waals surface area contributed by atoms with E-state index in [-0.39, 0.29) is 11.0 Å². The van der Waals surface area contributed by atoms with Crippen molar-refractivity contribution in [3.63, 3.8) is 0 Å². The van der Waals surface area contributed by atoms with Gasteiger partial charge in [-0.05, 0) is 44.7 Å². The minimum atomic E-state index is 0.121. The molecule has 0 N–H and O–H groups in total. The van der Waals surface area contributed by atoms with Gasteiger partial charge in [-0.2, -0.15) is 0 Å². The van der Waals surface area contributed by atoms with Crippen LogP contribution in [0.25, 0.3) is 21.9 Å². The Balaban J connectivity index is 1.99. The minimum absolute atomic E-state index is 0.121. The molecule has 0 saturated carbocycles. The highest BCUT2D eigenvalue weighted by Gasteiger charge is 2.49. The van der Waals surface area contributed by atoms with Crippen molar-refractivity contribution in [2.24, 2.45) is 5.41 Å². The summed E-state index contributed by atoms with van der Waals surface area (Å²) in [5.74, 6) is 0. The second-order valence-corrected chi connectivity index (χ2v) is 8.28. The van der Waals surface area contributed by atoms with E-state index >= 15 is 0 Å². The van der Waals surface area contributed by atoms with Crippen molar-refractivity contribution in [1.29, 1.82) is 0 Å². The summed E-state index contributed by atoms with van der Waals surface area (Å²) < 4.78 is 6.26. The predicted molar refractivity (Wildman–Crippen MR) is 98.1 cm³/mol. The number of nitrogens with zero attached hydrogens (tertiary/aromatic N) is 1. The molecule has 0 aliphatic carbocycles. The average Bonchev–Trinajstić information content (AvgIpc) is 2.92. The van der Waals surface area contributed by atoms with Gasteiger partial charge in [0.15, 0.2) is 5.58 Å². The first kappa shape index (κ1) is 14.6. The molecule has 2 heteroatoms. The Hall–Kier alpha value is -1.96. The SMILES string of the molecule is C[C@@H]1N(c2cccc3c2oc2ccccc23)C(C)(C)CC1(C)C. The second kappa shape index (κ2) is 4.53. The zero-order valence-corrected chi connectivity index (χ0v) is 14.7. The Bertz CT molecular complexity index is 887. The molecule has 0 unspecified atom stereocenters. The number of anilines is 1. The average molecular weight is 307 g/mol. The number of hydrogen-bond acceptors (Lipinski definition) is 2. The van der Waals surface area contributed by atoms with Gasteiger partial charge < -0.3 is 9.32 Å². The molecule has 0 spiro atoms. The first-order chi connectivity index (χ1) is 10.8. The zero-order chi connectivity index (χ0) is 16.4. The zero-order valence-electron chi connectivity index (χ0n) is 14.7. The van der Waals surface area contributed by atoms with Gasteiger partial charge in [0.25, 0.3) is 0 Å². The van der Waals surface area contributed by atoms with Gasteiger partial charge in [-0.1, -0.05) is 44.2 Å². The molecule has 2 heterocycles. The van der Waals surface area contributed by atoms with Crippen LogP contribution in [0.1, 0.15) is 41.0 Å². The molecule has 3 aromatic rings.